The first-order valence-corrected chi connectivity index (χ1v) is 5.40. The van der Waals surface area contributed by atoms with Crippen LogP contribution in [0.5, 0.6) is 11.5 Å². The lowest BCUT2D eigenvalue weighted by Gasteiger charge is -2.32. The van der Waals surface area contributed by atoms with Gasteiger partial charge in [0.2, 0.25) is 0 Å². The highest BCUT2D eigenvalue weighted by molar-refractivity contribution is 9.10. The molecular weight excluding hydrogens is 244 g/mol. The second kappa shape index (κ2) is 3.16. The second-order valence-corrected chi connectivity index (χ2v) is 5.53. The molecule has 2 nitrogen and oxygen atoms in total. The van der Waals surface area contributed by atoms with Crippen LogP contribution < -0.4 is 9.47 Å². The maximum Gasteiger partial charge on any atom is 0.194 e. The summed E-state index contributed by atoms with van der Waals surface area (Å²) in [5.41, 5.74) is 2.23. The second-order valence-electron chi connectivity index (χ2n) is 3.85. The number of halogens is 1. The molecule has 0 amide bonds. The van der Waals surface area contributed by atoms with Crippen molar-refractivity contribution in [3.63, 3.8) is 0 Å². The summed E-state index contributed by atoms with van der Waals surface area (Å²) in [5, 5.41) is 0. The van der Waals surface area contributed by atoms with Crippen LogP contribution in [0.4, 0.5) is 0 Å². The predicted molar refractivity (Wildman–Crippen MR) is 59.4 cm³/mol. The van der Waals surface area contributed by atoms with E-state index >= 15 is 0 Å². The molecule has 0 radical (unpaired) electrons. The summed E-state index contributed by atoms with van der Waals surface area (Å²) in [6, 6.07) is 4.10. The van der Waals surface area contributed by atoms with E-state index in [2.05, 4.69) is 22.0 Å². The molecule has 1 heterocycles. The number of alkyl halides is 1. The molecule has 1 unspecified atom stereocenters. The zero-order valence-corrected chi connectivity index (χ0v) is 10.1. The molecule has 0 saturated carbocycles. The fraction of sp³-hybridized carbons (Fsp3) is 0.455. The number of hydrogen-bond donors (Lipinski definition) is 0. The Kier molecular flexibility index (Phi) is 2.22. The smallest absolute Gasteiger partial charge is 0.194 e. The van der Waals surface area contributed by atoms with E-state index in [1.165, 1.54) is 0 Å². The minimum absolute atomic E-state index is 0.404. The Morgan fingerprint density at radius 2 is 1.79 bits per heavy atom. The molecule has 1 aromatic carbocycles. The minimum atomic E-state index is -0.404. The molecule has 0 aliphatic carbocycles. The van der Waals surface area contributed by atoms with Crippen molar-refractivity contribution >= 4 is 15.9 Å². The quantitative estimate of drug-likeness (QED) is 0.664. The normalized spacial score (nSPS) is 24.9. The number of benzene rings is 1. The standard InChI is InChI=1S/C11H13BrO2/c1-7-4-5-8(2)10-9(7)13-6-11(3,12)14-10/h4-5H,6H2,1-3H3. The van der Waals surface area contributed by atoms with Gasteiger partial charge in [0.05, 0.1) is 0 Å². The average molecular weight is 257 g/mol. The third-order valence-electron chi connectivity index (χ3n) is 2.30. The van der Waals surface area contributed by atoms with Gasteiger partial charge in [-0.15, -0.1) is 0 Å². The Morgan fingerprint density at radius 3 is 2.43 bits per heavy atom. The first-order valence-electron chi connectivity index (χ1n) is 4.60. The number of aryl methyl sites for hydroxylation is 2. The van der Waals surface area contributed by atoms with Gasteiger partial charge in [0.1, 0.15) is 6.61 Å². The summed E-state index contributed by atoms with van der Waals surface area (Å²) >= 11 is 3.47. The molecule has 14 heavy (non-hydrogen) atoms. The first-order chi connectivity index (χ1) is 6.49. The van der Waals surface area contributed by atoms with Gasteiger partial charge in [-0.25, -0.2) is 0 Å². The maximum absolute atomic E-state index is 5.82. The van der Waals surface area contributed by atoms with Gasteiger partial charge in [-0.1, -0.05) is 12.1 Å². The molecule has 0 spiro atoms. The Morgan fingerprint density at radius 1 is 1.21 bits per heavy atom. The van der Waals surface area contributed by atoms with Crippen molar-refractivity contribution < 1.29 is 9.47 Å². The molecule has 0 aromatic heterocycles. The number of hydrogen-bond acceptors (Lipinski definition) is 2. The largest absolute Gasteiger partial charge is 0.484 e. The Labute approximate surface area is 92.3 Å². The summed E-state index contributed by atoms with van der Waals surface area (Å²) in [6.45, 7) is 6.54. The third kappa shape index (κ3) is 1.61. The number of rotatable bonds is 0. The molecule has 1 atom stereocenters. The summed E-state index contributed by atoms with van der Waals surface area (Å²) in [6.07, 6.45) is 0. The Balaban J connectivity index is 2.51. The van der Waals surface area contributed by atoms with Gasteiger partial charge in [0.15, 0.2) is 16.0 Å². The van der Waals surface area contributed by atoms with Gasteiger partial charge in [-0.2, -0.15) is 0 Å². The third-order valence-corrected chi connectivity index (χ3v) is 2.69. The summed E-state index contributed by atoms with van der Waals surface area (Å²) in [4.78, 5) is 0. The van der Waals surface area contributed by atoms with E-state index in [0.29, 0.717) is 6.61 Å². The van der Waals surface area contributed by atoms with Crippen molar-refractivity contribution in [1.29, 1.82) is 0 Å². The predicted octanol–water partition coefficient (Wildman–Crippen LogP) is 3.19. The fourth-order valence-corrected chi connectivity index (χ4v) is 1.79. The highest BCUT2D eigenvalue weighted by Gasteiger charge is 2.31. The van der Waals surface area contributed by atoms with Crippen molar-refractivity contribution in [3.8, 4) is 11.5 Å². The first kappa shape index (κ1) is 9.84. The minimum Gasteiger partial charge on any atom is -0.484 e. The van der Waals surface area contributed by atoms with E-state index in [-0.39, 0.29) is 0 Å². The number of ether oxygens (including phenoxy) is 2. The lowest BCUT2D eigenvalue weighted by molar-refractivity contribution is 0.0816. The maximum atomic E-state index is 5.82. The van der Waals surface area contributed by atoms with E-state index in [1.807, 2.05) is 26.8 Å². The SMILES string of the molecule is Cc1ccc(C)c2c1OCC(C)(Br)O2. The van der Waals surface area contributed by atoms with Crippen LogP contribution in [0.1, 0.15) is 18.1 Å². The van der Waals surface area contributed by atoms with Crippen molar-refractivity contribution in [2.24, 2.45) is 0 Å². The molecule has 1 aromatic rings. The Hall–Kier alpha value is -0.700. The molecular formula is C11H13BrO2. The van der Waals surface area contributed by atoms with E-state index in [9.17, 15) is 0 Å². The van der Waals surface area contributed by atoms with Crippen LogP contribution in [0.15, 0.2) is 12.1 Å². The van der Waals surface area contributed by atoms with Gasteiger partial charge in [-0.3, -0.25) is 0 Å². The lowest BCUT2D eigenvalue weighted by Crippen LogP contribution is -2.36. The zero-order chi connectivity index (χ0) is 10.3. The van der Waals surface area contributed by atoms with Crippen LogP contribution in [-0.2, 0) is 0 Å². The van der Waals surface area contributed by atoms with Crippen LogP contribution >= 0.6 is 15.9 Å². The van der Waals surface area contributed by atoms with E-state index in [4.69, 9.17) is 9.47 Å². The van der Waals surface area contributed by atoms with Crippen molar-refractivity contribution in [2.75, 3.05) is 6.61 Å². The van der Waals surface area contributed by atoms with E-state index in [1.54, 1.807) is 0 Å². The van der Waals surface area contributed by atoms with Gasteiger partial charge < -0.3 is 9.47 Å². The topological polar surface area (TPSA) is 18.5 Å². The molecule has 1 aliphatic rings. The molecule has 76 valence electrons. The van der Waals surface area contributed by atoms with Crippen LogP contribution in [0.2, 0.25) is 0 Å². The van der Waals surface area contributed by atoms with Crippen molar-refractivity contribution in [3.05, 3.63) is 23.3 Å². The highest BCUT2D eigenvalue weighted by Crippen LogP contribution is 2.41. The van der Waals surface area contributed by atoms with Crippen molar-refractivity contribution in [2.45, 2.75) is 25.3 Å². The number of fused-ring (bicyclic) bond motifs is 1. The average Bonchev–Trinajstić information content (AvgIpc) is 2.10. The fourth-order valence-electron chi connectivity index (χ4n) is 1.51. The van der Waals surface area contributed by atoms with Gasteiger partial charge in [-0.05, 0) is 47.8 Å². The molecule has 0 N–H and O–H groups in total. The van der Waals surface area contributed by atoms with E-state index < -0.39 is 4.51 Å². The van der Waals surface area contributed by atoms with Crippen LogP contribution in [-0.4, -0.2) is 11.1 Å². The van der Waals surface area contributed by atoms with Crippen LogP contribution in [0.3, 0.4) is 0 Å². The van der Waals surface area contributed by atoms with Gasteiger partial charge in [0.25, 0.3) is 0 Å². The molecule has 0 fully saturated rings. The lowest BCUT2D eigenvalue weighted by atomic mass is 10.1. The van der Waals surface area contributed by atoms with Gasteiger partial charge in [0, 0.05) is 0 Å². The highest BCUT2D eigenvalue weighted by atomic mass is 79.9. The molecule has 0 bridgehead atoms. The summed E-state index contributed by atoms with van der Waals surface area (Å²) in [7, 11) is 0. The Bertz CT molecular complexity index is 372. The molecule has 3 heteroatoms. The van der Waals surface area contributed by atoms with Crippen molar-refractivity contribution in [1.82, 2.24) is 0 Å². The van der Waals surface area contributed by atoms with Crippen LogP contribution in [0.25, 0.3) is 0 Å². The molecule has 0 saturated heterocycles. The van der Waals surface area contributed by atoms with Crippen LogP contribution in [0, 0.1) is 13.8 Å². The summed E-state index contributed by atoms with van der Waals surface area (Å²) in [5.74, 6) is 1.73. The van der Waals surface area contributed by atoms with Gasteiger partial charge >= 0.3 is 0 Å². The summed E-state index contributed by atoms with van der Waals surface area (Å²) < 4.78 is 11.1. The monoisotopic (exact) mass is 256 g/mol. The molecule has 2 rings (SSSR count). The van der Waals surface area contributed by atoms with E-state index in [0.717, 1.165) is 22.6 Å². The zero-order valence-electron chi connectivity index (χ0n) is 8.56. The molecule has 1 aliphatic heterocycles.